The first-order valence-electron chi connectivity index (χ1n) is 4.44. The Hall–Kier alpha value is -0.940. The highest BCUT2D eigenvalue weighted by Gasteiger charge is 2.38. The first-order valence-corrected chi connectivity index (χ1v) is 4.44. The molecule has 0 aliphatic heterocycles. The van der Waals surface area contributed by atoms with Gasteiger partial charge in [-0.2, -0.15) is 0 Å². The summed E-state index contributed by atoms with van der Waals surface area (Å²) in [6.07, 6.45) is -2.00. The maximum absolute atomic E-state index is 11.1. The topological polar surface area (TPSA) is 72.8 Å². The molecule has 1 aliphatic rings. The van der Waals surface area contributed by atoms with E-state index >= 15 is 0 Å². The molecule has 5 heteroatoms. The molecule has 1 rings (SSSR count). The van der Waals surface area contributed by atoms with Crippen molar-refractivity contribution in [2.24, 2.45) is 0 Å². The lowest BCUT2D eigenvalue weighted by atomic mass is 9.91. The molecular formula is C9H14O5. The van der Waals surface area contributed by atoms with Crippen LogP contribution in [0, 0.1) is 0 Å². The van der Waals surface area contributed by atoms with Gasteiger partial charge in [0.25, 0.3) is 0 Å². The van der Waals surface area contributed by atoms with Gasteiger partial charge in [0.2, 0.25) is 0 Å². The highest BCUT2D eigenvalue weighted by molar-refractivity contribution is 5.80. The summed E-state index contributed by atoms with van der Waals surface area (Å²) >= 11 is 0. The van der Waals surface area contributed by atoms with Crippen LogP contribution in [0.5, 0.6) is 0 Å². The summed E-state index contributed by atoms with van der Waals surface area (Å²) in [7, 11) is 1.42. The van der Waals surface area contributed by atoms with E-state index in [9.17, 15) is 14.7 Å². The lowest BCUT2D eigenvalue weighted by Gasteiger charge is -2.32. The zero-order chi connectivity index (χ0) is 10.7. The minimum absolute atomic E-state index is 0.0256. The predicted octanol–water partition coefficient (Wildman–Crippen LogP) is -0.343. The van der Waals surface area contributed by atoms with Gasteiger partial charge < -0.3 is 14.6 Å². The number of methoxy groups -OCH3 is 1. The zero-order valence-corrected chi connectivity index (χ0v) is 8.23. The molecule has 3 atom stereocenters. The third-order valence-corrected chi connectivity index (χ3v) is 2.22. The molecule has 5 nitrogen and oxygen atoms in total. The number of carbonyl (C=O) groups excluding carboxylic acids is 2. The molecule has 0 amide bonds. The summed E-state index contributed by atoms with van der Waals surface area (Å²) in [5.74, 6) is -0.557. The number of aliphatic hydroxyl groups is 1. The zero-order valence-electron chi connectivity index (χ0n) is 8.23. The van der Waals surface area contributed by atoms with E-state index in [0.717, 1.165) is 0 Å². The van der Waals surface area contributed by atoms with Crippen LogP contribution in [0.3, 0.4) is 0 Å². The Labute approximate surface area is 82.0 Å². The molecule has 0 saturated heterocycles. The van der Waals surface area contributed by atoms with Crippen LogP contribution in [0.25, 0.3) is 0 Å². The Morgan fingerprint density at radius 2 is 2.14 bits per heavy atom. The fourth-order valence-corrected chi connectivity index (χ4v) is 1.58. The SMILES string of the molecule is CO[C@@H]1CC(=O)C[C@@H](O)[C@@H]1OC(C)=O. The van der Waals surface area contributed by atoms with Crippen molar-refractivity contribution in [3.63, 3.8) is 0 Å². The van der Waals surface area contributed by atoms with Gasteiger partial charge in [0.05, 0.1) is 0 Å². The van der Waals surface area contributed by atoms with Gasteiger partial charge in [-0.1, -0.05) is 0 Å². The second kappa shape index (κ2) is 4.52. The molecule has 1 saturated carbocycles. The molecule has 0 unspecified atom stereocenters. The number of Topliss-reactive ketones (excluding diaryl/α,β-unsaturated/α-hetero) is 1. The lowest BCUT2D eigenvalue weighted by molar-refractivity contribution is -0.172. The molecule has 0 aromatic heterocycles. The Morgan fingerprint density at radius 1 is 1.50 bits per heavy atom. The second-order valence-corrected chi connectivity index (χ2v) is 3.36. The molecule has 0 bridgehead atoms. The van der Waals surface area contributed by atoms with E-state index in [2.05, 4.69) is 0 Å². The molecule has 0 radical (unpaired) electrons. The van der Waals surface area contributed by atoms with Crippen LogP contribution < -0.4 is 0 Å². The van der Waals surface area contributed by atoms with E-state index in [-0.39, 0.29) is 18.6 Å². The average molecular weight is 202 g/mol. The van der Waals surface area contributed by atoms with Crippen LogP contribution in [-0.2, 0) is 19.1 Å². The average Bonchev–Trinajstić information content (AvgIpc) is 2.08. The van der Waals surface area contributed by atoms with Crippen molar-refractivity contribution in [2.45, 2.75) is 38.1 Å². The van der Waals surface area contributed by atoms with Crippen molar-refractivity contribution in [3.8, 4) is 0 Å². The fraction of sp³-hybridized carbons (Fsp3) is 0.778. The molecule has 0 aromatic carbocycles. The van der Waals surface area contributed by atoms with E-state index in [1.807, 2.05) is 0 Å². The Balaban J connectivity index is 2.67. The number of ketones is 1. The summed E-state index contributed by atoms with van der Waals surface area (Å²) in [6, 6.07) is 0. The van der Waals surface area contributed by atoms with Crippen LogP contribution in [0.15, 0.2) is 0 Å². The molecule has 80 valence electrons. The number of rotatable bonds is 2. The van der Waals surface area contributed by atoms with Gasteiger partial charge in [-0.25, -0.2) is 0 Å². The predicted molar refractivity (Wildman–Crippen MR) is 46.6 cm³/mol. The number of aliphatic hydroxyl groups excluding tert-OH is 1. The van der Waals surface area contributed by atoms with Crippen molar-refractivity contribution >= 4 is 11.8 Å². The van der Waals surface area contributed by atoms with E-state index in [1.54, 1.807) is 0 Å². The van der Waals surface area contributed by atoms with E-state index in [4.69, 9.17) is 9.47 Å². The second-order valence-electron chi connectivity index (χ2n) is 3.36. The Morgan fingerprint density at radius 3 is 2.64 bits per heavy atom. The van der Waals surface area contributed by atoms with Crippen molar-refractivity contribution in [2.75, 3.05) is 7.11 Å². The van der Waals surface area contributed by atoms with Gasteiger partial charge in [0.15, 0.2) is 6.10 Å². The molecule has 1 aliphatic carbocycles. The van der Waals surface area contributed by atoms with E-state index in [1.165, 1.54) is 14.0 Å². The van der Waals surface area contributed by atoms with Crippen LogP contribution in [0.1, 0.15) is 19.8 Å². The third kappa shape index (κ3) is 2.52. The minimum atomic E-state index is -0.954. The standard InChI is InChI=1S/C9H14O5/c1-5(10)14-9-7(12)3-6(11)4-8(9)13-2/h7-9,12H,3-4H2,1-2H3/t7-,8-,9+/m1/s1. The van der Waals surface area contributed by atoms with Crippen LogP contribution in [-0.4, -0.2) is 42.3 Å². The quantitative estimate of drug-likeness (QED) is 0.620. The van der Waals surface area contributed by atoms with Crippen molar-refractivity contribution in [1.29, 1.82) is 0 Å². The van der Waals surface area contributed by atoms with Gasteiger partial charge in [-0.15, -0.1) is 0 Å². The van der Waals surface area contributed by atoms with Crippen molar-refractivity contribution in [3.05, 3.63) is 0 Å². The summed E-state index contributed by atoms with van der Waals surface area (Å²) < 4.78 is 9.88. The van der Waals surface area contributed by atoms with Crippen LogP contribution >= 0.6 is 0 Å². The largest absolute Gasteiger partial charge is 0.457 e. The Kier molecular flexibility index (Phi) is 3.60. The number of hydrogen-bond acceptors (Lipinski definition) is 5. The minimum Gasteiger partial charge on any atom is -0.457 e. The monoisotopic (exact) mass is 202 g/mol. The van der Waals surface area contributed by atoms with Gasteiger partial charge in [-0.05, 0) is 0 Å². The van der Waals surface area contributed by atoms with Gasteiger partial charge >= 0.3 is 5.97 Å². The molecular weight excluding hydrogens is 188 g/mol. The van der Waals surface area contributed by atoms with E-state index in [0.29, 0.717) is 0 Å². The van der Waals surface area contributed by atoms with Crippen LogP contribution in [0.4, 0.5) is 0 Å². The molecule has 0 aromatic rings. The third-order valence-electron chi connectivity index (χ3n) is 2.22. The number of ether oxygens (including phenoxy) is 2. The maximum Gasteiger partial charge on any atom is 0.303 e. The summed E-state index contributed by atoms with van der Waals surface area (Å²) in [4.78, 5) is 21.8. The normalized spacial score (nSPS) is 32.8. The van der Waals surface area contributed by atoms with E-state index < -0.39 is 24.3 Å². The van der Waals surface area contributed by atoms with Crippen molar-refractivity contribution < 1.29 is 24.2 Å². The van der Waals surface area contributed by atoms with Gasteiger partial charge in [0, 0.05) is 26.9 Å². The summed E-state index contributed by atoms with van der Waals surface area (Å²) in [5.41, 5.74) is 0. The fourth-order valence-electron chi connectivity index (χ4n) is 1.58. The van der Waals surface area contributed by atoms with Gasteiger partial charge in [-0.3, -0.25) is 9.59 Å². The molecule has 0 spiro atoms. The van der Waals surface area contributed by atoms with Crippen LogP contribution in [0.2, 0.25) is 0 Å². The number of hydrogen-bond donors (Lipinski definition) is 1. The summed E-state index contributed by atoms with van der Waals surface area (Å²) in [5, 5.41) is 9.51. The molecule has 1 fully saturated rings. The molecule has 0 heterocycles. The smallest absolute Gasteiger partial charge is 0.303 e. The number of esters is 1. The summed E-state index contributed by atoms with van der Waals surface area (Å²) in [6.45, 7) is 1.26. The highest BCUT2D eigenvalue weighted by atomic mass is 16.6. The molecule has 14 heavy (non-hydrogen) atoms. The first-order chi connectivity index (χ1) is 6.54. The lowest BCUT2D eigenvalue weighted by Crippen LogP contribution is -2.48. The molecule has 1 N–H and O–H groups in total. The first kappa shape index (κ1) is 11.1. The maximum atomic E-state index is 11.1. The highest BCUT2D eigenvalue weighted by Crippen LogP contribution is 2.21. The van der Waals surface area contributed by atoms with Gasteiger partial charge in [0.1, 0.15) is 18.0 Å². The van der Waals surface area contributed by atoms with Crippen molar-refractivity contribution in [1.82, 2.24) is 0 Å². The Bertz CT molecular complexity index is 237. The number of carbonyl (C=O) groups is 2.